The third-order valence-electron chi connectivity index (χ3n) is 6.59. The first kappa shape index (κ1) is 23.0. The first-order chi connectivity index (χ1) is 14.0. The summed E-state index contributed by atoms with van der Waals surface area (Å²) in [7, 11) is 1.61. The fraction of sp³-hybridized carbons (Fsp3) is 0.609. The van der Waals surface area contributed by atoms with Crippen molar-refractivity contribution in [3.05, 3.63) is 36.0 Å². The minimum absolute atomic E-state index is 0.0332. The largest absolute Gasteiger partial charge is 0.391 e. The van der Waals surface area contributed by atoms with Gasteiger partial charge in [0, 0.05) is 44.1 Å². The minimum Gasteiger partial charge on any atom is -0.391 e. The van der Waals surface area contributed by atoms with Crippen molar-refractivity contribution in [2.45, 2.75) is 70.2 Å². The molecule has 2 aromatic rings. The summed E-state index contributed by atoms with van der Waals surface area (Å²) in [5.74, 6) is -0.162. The molecule has 0 bridgehead atoms. The van der Waals surface area contributed by atoms with Crippen molar-refractivity contribution in [3.8, 4) is 0 Å². The predicted octanol–water partition coefficient (Wildman–Crippen LogP) is 4.16. The summed E-state index contributed by atoms with van der Waals surface area (Å²) in [6.07, 6.45) is 1.41. The molecular formula is C23H36N2O4Si. The molecule has 0 spiro atoms. The lowest BCUT2D eigenvalue weighted by molar-refractivity contribution is -0.125. The molecule has 0 aliphatic carbocycles. The van der Waals surface area contributed by atoms with Gasteiger partial charge in [-0.1, -0.05) is 39.0 Å². The molecule has 1 amide bonds. The van der Waals surface area contributed by atoms with Crippen molar-refractivity contribution in [1.29, 1.82) is 0 Å². The molecule has 3 rings (SSSR count). The first-order valence-electron chi connectivity index (χ1n) is 10.6. The monoisotopic (exact) mass is 432 g/mol. The van der Waals surface area contributed by atoms with Crippen LogP contribution in [0.5, 0.6) is 0 Å². The molecular weight excluding hydrogens is 396 g/mol. The number of para-hydroxylation sites is 1. The van der Waals surface area contributed by atoms with Crippen LogP contribution >= 0.6 is 0 Å². The Hall–Kier alpha value is -1.67. The van der Waals surface area contributed by atoms with E-state index in [9.17, 15) is 4.79 Å². The third kappa shape index (κ3) is 4.35. The SMILES string of the molecule is COC[C@H]1O[C@H](O[Si](C)(C)C(C)(C)C)[C@@H](NC(C)=O)[C@@H]1c1cn(C)c2ccccc12. The van der Waals surface area contributed by atoms with Crippen LogP contribution in [0.3, 0.4) is 0 Å². The van der Waals surface area contributed by atoms with Gasteiger partial charge < -0.3 is 23.8 Å². The number of rotatable bonds is 6. The average Bonchev–Trinajstić information content (AvgIpc) is 3.12. The van der Waals surface area contributed by atoms with E-state index in [1.165, 1.54) is 0 Å². The van der Waals surface area contributed by atoms with E-state index in [0.717, 1.165) is 16.5 Å². The molecule has 1 aromatic heterocycles. The highest BCUT2D eigenvalue weighted by atomic mass is 28.4. The number of amides is 1. The number of hydrogen-bond acceptors (Lipinski definition) is 4. The summed E-state index contributed by atoms with van der Waals surface area (Å²) in [6, 6.07) is 8.03. The molecule has 1 aliphatic heterocycles. The zero-order valence-corrected chi connectivity index (χ0v) is 20.5. The van der Waals surface area contributed by atoms with E-state index in [-0.39, 0.29) is 29.0 Å². The van der Waals surface area contributed by atoms with Gasteiger partial charge in [0.15, 0.2) is 14.6 Å². The summed E-state index contributed by atoms with van der Waals surface area (Å²) in [5, 5.41) is 4.34. The number of methoxy groups -OCH3 is 1. The molecule has 1 saturated heterocycles. The molecule has 1 aromatic carbocycles. The molecule has 0 radical (unpaired) electrons. The molecule has 30 heavy (non-hydrogen) atoms. The Bertz CT molecular complexity index is 902. The molecule has 2 heterocycles. The van der Waals surface area contributed by atoms with Crippen LogP contribution in [0.2, 0.25) is 18.1 Å². The van der Waals surface area contributed by atoms with Gasteiger partial charge in [0.1, 0.15) is 0 Å². The number of hydrogen-bond donors (Lipinski definition) is 1. The van der Waals surface area contributed by atoms with Gasteiger partial charge in [-0.2, -0.15) is 0 Å². The number of aromatic nitrogens is 1. The van der Waals surface area contributed by atoms with Crippen molar-refractivity contribution >= 4 is 25.1 Å². The quantitative estimate of drug-likeness (QED) is 0.696. The Labute approximate surface area is 181 Å². The Morgan fingerprint density at radius 1 is 1.27 bits per heavy atom. The average molecular weight is 433 g/mol. The maximum absolute atomic E-state index is 12.2. The maximum atomic E-state index is 12.2. The minimum atomic E-state index is -2.12. The van der Waals surface area contributed by atoms with E-state index in [1.807, 2.05) is 19.2 Å². The molecule has 1 N–H and O–H groups in total. The molecule has 6 nitrogen and oxygen atoms in total. The highest BCUT2D eigenvalue weighted by molar-refractivity contribution is 6.74. The van der Waals surface area contributed by atoms with Crippen LogP contribution in [0.4, 0.5) is 0 Å². The zero-order valence-electron chi connectivity index (χ0n) is 19.5. The number of aryl methyl sites for hydroxylation is 1. The summed E-state index contributed by atoms with van der Waals surface area (Å²) < 4.78 is 20.7. The van der Waals surface area contributed by atoms with Crippen molar-refractivity contribution in [2.24, 2.45) is 7.05 Å². The smallest absolute Gasteiger partial charge is 0.217 e. The van der Waals surface area contributed by atoms with Crippen molar-refractivity contribution in [3.63, 3.8) is 0 Å². The van der Waals surface area contributed by atoms with Crippen molar-refractivity contribution in [2.75, 3.05) is 13.7 Å². The second-order valence-electron chi connectivity index (χ2n) is 9.84. The second kappa shape index (κ2) is 8.46. The number of benzene rings is 1. The van der Waals surface area contributed by atoms with Gasteiger partial charge in [-0.15, -0.1) is 0 Å². The van der Waals surface area contributed by atoms with Gasteiger partial charge in [-0.25, -0.2) is 0 Å². The van der Waals surface area contributed by atoms with Crippen LogP contribution in [0, 0.1) is 0 Å². The maximum Gasteiger partial charge on any atom is 0.217 e. The van der Waals surface area contributed by atoms with Gasteiger partial charge in [-0.05, 0) is 29.8 Å². The van der Waals surface area contributed by atoms with E-state index in [2.05, 4.69) is 62.1 Å². The first-order valence-corrected chi connectivity index (χ1v) is 13.5. The Morgan fingerprint density at radius 2 is 1.93 bits per heavy atom. The summed E-state index contributed by atoms with van der Waals surface area (Å²) in [6.45, 7) is 13.0. The van der Waals surface area contributed by atoms with E-state index in [4.69, 9.17) is 13.9 Å². The lowest BCUT2D eigenvalue weighted by Crippen LogP contribution is -2.51. The van der Waals surface area contributed by atoms with Crippen LogP contribution in [-0.4, -0.2) is 50.9 Å². The van der Waals surface area contributed by atoms with Gasteiger partial charge >= 0.3 is 0 Å². The summed E-state index contributed by atoms with van der Waals surface area (Å²) in [4.78, 5) is 12.2. The molecule has 166 valence electrons. The second-order valence-corrected chi connectivity index (χ2v) is 14.6. The number of carbonyl (C=O) groups is 1. The topological polar surface area (TPSA) is 61.7 Å². The molecule has 1 fully saturated rings. The van der Waals surface area contributed by atoms with Crippen LogP contribution < -0.4 is 5.32 Å². The van der Waals surface area contributed by atoms with Crippen molar-refractivity contribution in [1.82, 2.24) is 9.88 Å². The Kier molecular flexibility index (Phi) is 6.48. The number of carbonyl (C=O) groups excluding carboxylic acids is 1. The van der Waals surface area contributed by atoms with Crippen LogP contribution in [0.25, 0.3) is 10.9 Å². The molecule has 7 heteroatoms. The number of ether oxygens (including phenoxy) is 2. The standard InChI is InChI=1S/C23H36N2O4Si/c1-15(26)24-21-20(17-13-25(5)18-12-10-9-11-16(17)18)19(14-27-6)28-22(21)29-30(7,8)23(2,3)4/h9-13,19-22H,14H2,1-8H3,(H,24,26)/t19-,20-,21+,22-/m1/s1. The molecule has 4 atom stereocenters. The van der Waals surface area contributed by atoms with Crippen molar-refractivity contribution < 1.29 is 18.7 Å². The fourth-order valence-electron chi connectivity index (χ4n) is 4.04. The van der Waals surface area contributed by atoms with E-state index in [1.54, 1.807) is 14.0 Å². The van der Waals surface area contributed by atoms with Crippen LogP contribution in [0.15, 0.2) is 30.5 Å². The van der Waals surface area contributed by atoms with E-state index >= 15 is 0 Å². The predicted molar refractivity (Wildman–Crippen MR) is 122 cm³/mol. The highest BCUT2D eigenvalue weighted by Crippen LogP contribution is 2.44. The van der Waals surface area contributed by atoms with E-state index in [0.29, 0.717) is 6.61 Å². The lowest BCUT2D eigenvalue weighted by atomic mass is 9.88. The Morgan fingerprint density at radius 3 is 2.53 bits per heavy atom. The number of nitrogens with one attached hydrogen (secondary N) is 1. The third-order valence-corrected chi connectivity index (χ3v) is 11.0. The van der Waals surface area contributed by atoms with Crippen LogP contribution in [0.1, 0.15) is 39.2 Å². The fourth-order valence-corrected chi connectivity index (χ4v) is 5.18. The molecule has 0 unspecified atom stereocenters. The van der Waals surface area contributed by atoms with Crippen LogP contribution in [-0.2, 0) is 25.7 Å². The molecule has 1 aliphatic rings. The normalized spacial score (nSPS) is 25.1. The Balaban J connectivity index is 2.07. The lowest BCUT2D eigenvalue weighted by Gasteiger charge is -2.39. The van der Waals surface area contributed by atoms with Gasteiger partial charge in [0.05, 0.1) is 18.8 Å². The van der Waals surface area contributed by atoms with Gasteiger partial charge in [-0.3, -0.25) is 4.79 Å². The summed E-state index contributed by atoms with van der Waals surface area (Å²) >= 11 is 0. The summed E-state index contributed by atoms with van der Waals surface area (Å²) in [5.41, 5.74) is 2.30. The number of nitrogens with zero attached hydrogens (tertiary/aromatic N) is 1. The van der Waals surface area contributed by atoms with Gasteiger partial charge in [0.25, 0.3) is 0 Å². The highest BCUT2D eigenvalue weighted by Gasteiger charge is 2.51. The zero-order chi connectivity index (χ0) is 22.3. The number of fused-ring (bicyclic) bond motifs is 1. The van der Waals surface area contributed by atoms with E-state index < -0.39 is 14.6 Å². The molecule has 0 saturated carbocycles. The van der Waals surface area contributed by atoms with Gasteiger partial charge in [0.2, 0.25) is 5.91 Å².